The van der Waals surface area contributed by atoms with Crippen LogP contribution < -0.4 is 0 Å². The third-order valence-electron chi connectivity index (χ3n) is 3.10. The van der Waals surface area contributed by atoms with Crippen molar-refractivity contribution in [1.82, 2.24) is 4.90 Å². The van der Waals surface area contributed by atoms with Crippen LogP contribution in [-0.4, -0.2) is 46.3 Å². The lowest BCUT2D eigenvalue weighted by atomic mass is 10.2. The first kappa shape index (κ1) is 12.5. The number of β-amino-alcohol motifs (C(OH)–C–C–N with tert-alkyl or cyclic N) is 2. The fourth-order valence-corrected chi connectivity index (χ4v) is 3.15. The highest BCUT2D eigenvalue weighted by molar-refractivity contribution is 7.14. The van der Waals surface area contributed by atoms with Gasteiger partial charge in [-0.15, -0.1) is 11.3 Å². The van der Waals surface area contributed by atoms with Crippen molar-refractivity contribution in [2.75, 3.05) is 13.1 Å². The third kappa shape index (κ3) is 2.36. The Hall–Kier alpha value is -0.910. The molecule has 2 N–H and O–H groups in total. The molecule has 0 radical (unpaired) electrons. The van der Waals surface area contributed by atoms with Gasteiger partial charge in [-0.2, -0.15) is 0 Å². The number of rotatable bonds is 2. The molecular formula is C12H17NO3S. The SMILES string of the molecule is CCc1sc(C(=O)N2CC(O)C(O)C2)cc1C. The Bertz CT molecular complexity index is 419. The normalized spacial score (nSPS) is 24.4. The van der Waals surface area contributed by atoms with Crippen LogP contribution in [0.5, 0.6) is 0 Å². The minimum Gasteiger partial charge on any atom is -0.388 e. The van der Waals surface area contributed by atoms with E-state index in [1.165, 1.54) is 21.1 Å². The third-order valence-corrected chi connectivity index (χ3v) is 4.47. The summed E-state index contributed by atoms with van der Waals surface area (Å²) in [7, 11) is 0. The Balaban J connectivity index is 2.14. The zero-order chi connectivity index (χ0) is 12.6. The first-order valence-corrected chi connectivity index (χ1v) is 6.59. The van der Waals surface area contributed by atoms with E-state index in [0.29, 0.717) is 4.88 Å². The smallest absolute Gasteiger partial charge is 0.264 e. The zero-order valence-corrected chi connectivity index (χ0v) is 10.8. The predicted octanol–water partition coefficient (Wildman–Crippen LogP) is 0.797. The number of carbonyl (C=O) groups excluding carboxylic acids is 1. The summed E-state index contributed by atoms with van der Waals surface area (Å²) in [6, 6.07) is 1.89. The van der Waals surface area contributed by atoms with Gasteiger partial charge in [0.2, 0.25) is 0 Å². The highest BCUT2D eigenvalue weighted by Crippen LogP contribution is 2.25. The van der Waals surface area contributed by atoms with Gasteiger partial charge in [-0.25, -0.2) is 0 Å². The summed E-state index contributed by atoms with van der Waals surface area (Å²) in [4.78, 5) is 15.6. The van der Waals surface area contributed by atoms with Gasteiger partial charge >= 0.3 is 0 Å². The standard InChI is InChI=1S/C12H17NO3S/c1-3-10-7(2)4-11(17-10)12(16)13-5-8(14)9(15)6-13/h4,8-9,14-15H,3,5-6H2,1-2H3. The average molecular weight is 255 g/mol. The van der Waals surface area contributed by atoms with Crippen LogP contribution in [0.15, 0.2) is 6.07 Å². The van der Waals surface area contributed by atoms with Crippen LogP contribution in [0.4, 0.5) is 0 Å². The quantitative estimate of drug-likeness (QED) is 0.821. The largest absolute Gasteiger partial charge is 0.388 e. The maximum atomic E-state index is 12.1. The molecule has 1 aromatic heterocycles. The van der Waals surface area contributed by atoms with Crippen molar-refractivity contribution in [1.29, 1.82) is 0 Å². The van der Waals surface area contributed by atoms with Crippen LogP contribution in [0.1, 0.15) is 27.0 Å². The predicted molar refractivity (Wildman–Crippen MR) is 66.4 cm³/mol. The van der Waals surface area contributed by atoms with Crippen molar-refractivity contribution in [2.24, 2.45) is 0 Å². The number of hydrogen-bond acceptors (Lipinski definition) is 4. The van der Waals surface area contributed by atoms with E-state index in [9.17, 15) is 15.0 Å². The number of carbonyl (C=O) groups is 1. The second-order valence-electron chi connectivity index (χ2n) is 4.42. The molecule has 1 aromatic rings. The molecule has 94 valence electrons. The van der Waals surface area contributed by atoms with Gasteiger partial charge in [0.1, 0.15) is 0 Å². The lowest BCUT2D eigenvalue weighted by molar-refractivity contribution is 0.0572. The molecule has 0 spiro atoms. The molecule has 1 aliphatic rings. The minimum atomic E-state index is -0.814. The summed E-state index contributed by atoms with van der Waals surface area (Å²) < 4.78 is 0. The van der Waals surface area contributed by atoms with Gasteiger partial charge in [0.05, 0.1) is 17.1 Å². The Kier molecular flexibility index (Phi) is 3.51. The number of aryl methyl sites for hydroxylation is 2. The Morgan fingerprint density at radius 3 is 2.53 bits per heavy atom. The molecule has 1 amide bonds. The number of thiophene rings is 1. The van der Waals surface area contributed by atoms with E-state index in [1.54, 1.807) is 0 Å². The first-order valence-electron chi connectivity index (χ1n) is 5.77. The van der Waals surface area contributed by atoms with Crippen molar-refractivity contribution in [3.8, 4) is 0 Å². The van der Waals surface area contributed by atoms with Gasteiger partial charge in [-0.3, -0.25) is 4.79 Å². The van der Waals surface area contributed by atoms with Crippen LogP contribution >= 0.6 is 11.3 Å². The molecule has 17 heavy (non-hydrogen) atoms. The maximum Gasteiger partial charge on any atom is 0.264 e. The summed E-state index contributed by atoms with van der Waals surface area (Å²) in [6.07, 6.45) is -0.703. The number of likely N-dealkylation sites (tertiary alicyclic amines) is 1. The molecule has 2 atom stereocenters. The van der Waals surface area contributed by atoms with Crippen LogP contribution in [0.3, 0.4) is 0 Å². The molecule has 1 aliphatic heterocycles. The van der Waals surface area contributed by atoms with Crippen molar-refractivity contribution < 1.29 is 15.0 Å². The molecule has 0 aromatic carbocycles. The summed E-state index contributed by atoms with van der Waals surface area (Å²) in [5.41, 5.74) is 1.14. The molecule has 2 rings (SSSR count). The van der Waals surface area contributed by atoms with Crippen LogP contribution in [0.25, 0.3) is 0 Å². The topological polar surface area (TPSA) is 60.8 Å². The summed E-state index contributed by atoms with van der Waals surface area (Å²) >= 11 is 1.50. The number of aliphatic hydroxyl groups is 2. The van der Waals surface area contributed by atoms with Crippen molar-refractivity contribution in [3.05, 3.63) is 21.4 Å². The maximum absolute atomic E-state index is 12.1. The van der Waals surface area contributed by atoms with Gasteiger partial charge in [-0.05, 0) is 25.0 Å². The number of aliphatic hydroxyl groups excluding tert-OH is 2. The van der Waals surface area contributed by atoms with Crippen LogP contribution in [0.2, 0.25) is 0 Å². The lowest BCUT2D eigenvalue weighted by Gasteiger charge is -2.13. The molecular weight excluding hydrogens is 238 g/mol. The molecule has 2 heterocycles. The van der Waals surface area contributed by atoms with E-state index >= 15 is 0 Å². The second-order valence-corrected chi connectivity index (χ2v) is 5.55. The highest BCUT2D eigenvalue weighted by atomic mass is 32.1. The van der Waals surface area contributed by atoms with Crippen LogP contribution in [-0.2, 0) is 6.42 Å². The molecule has 0 aliphatic carbocycles. The van der Waals surface area contributed by atoms with E-state index < -0.39 is 12.2 Å². The summed E-state index contributed by atoms with van der Waals surface area (Å²) in [5.74, 6) is -0.0894. The molecule has 1 saturated heterocycles. The molecule has 0 saturated carbocycles. The van der Waals surface area contributed by atoms with Crippen LogP contribution in [0, 0.1) is 6.92 Å². The van der Waals surface area contributed by atoms with E-state index in [1.807, 2.05) is 13.0 Å². The van der Waals surface area contributed by atoms with Crippen molar-refractivity contribution in [3.63, 3.8) is 0 Å². The van der Waals surface area contributed by atoms with Gasteiger partial charge in [0, 0.05) is 18.0 Å². The average Bonchev–Trinajstić information content (AvgIpc) is 2.82. The van der Waals surface area contributed by atoms with Gasteiger partial charge < -0.3 is 15.1 Å². The van der Waals surface area contributed by atoms with E-state index in [-0.39, 0.29) is 19.0 Å². The Labute approximate surface area is 104 Å². The summed E-state index contributed by atoms with van der Waals surface area (Å²) in [5, 5.41) is 18.9. The van der Waals surface area contributed by atoms with Crippen molar-refractivity contribution in [2.45, 2.75) is 32.5 Å². The molecule has 2 unspecified atom stereocenters. The minimum absolute atomic E-state index is 0.0894. The van der Waals surface area contributed by atoms with Crippen molar-refractivity contribution >= 4 is 17.2 Å². The Morgan fingerprint density at radius 2 is 2.06 bits per heavy atom. The lowest BCUT2D eigenvalue weighted by Crippen LogP contribution is -2.29. The fraction of sp³-hybridized carbons (Fsp3) is 0.583. The zero-order valence-electron chi connectivity index (χ0n) is 10.0. The van der Waals surface area contributed by atoms with E-state index in [2.05, 4.69) is 6.92 Å². The number of nitrogens with zero attached hydrogens (tertiary/aromatic N) is 1. The first-order chi connectivity index (χ1) is 8.02. The molecule has 5 heteroatoms. The molecule has 0 bridgehead atoms. The fourth-order valence-electron chi connectivity index (χ4n) is 2.07. The van der Waals surface area contributed by atoms with Gasteiger partial charge in [-0.1, -0.05) is 6.92 Å². The van der Waals surface area contributed by atoms with E-state index in [0.717, 1.165) is 12.0 Å². The van der Waals surface area contributed by atoms with E-state index in [4.69, 9.17) is 0 Å². The number of amides is 1. The van der Waals surface area contributed by atoms with Gasteiger partial charge in [0.25, 0.3) is 5.91 Å². The number of hydrogen-bond donors (Lipinski definition) is 2. The highest BCUT2D eigenvalue weighted by Gasteiger charge is 2.33. The molecule has 1 fully saturated rings. The monoisotopic (exact) mass is 255 g/mol. The van der Waals surface area contributed by atoms with Gasteiger partial charge in [0.15, 0.2) is 0 Å². The summed E-state index contributed by atoms with van der Waals surface area (Å²) in [6.45, 7) is 4.51. The Morgan fingerprint density at radius 1 is 1.47 bits per heavy atom. The second kappa shape index (κ2) is 4.76. The molecule has 4 nitrogen and oxygen atoms in total.